The third-order valence-corrected chi connectivity index (χ3v) is 3.46. The van der Waals surface area contributed by atoms with Crippen LogP contribution in [0.2, 0.25) is 0 Å². The maximum atomic E-state index is 12.0. The molecule has 0 saturated carbocycles. The number of Topliss-reactive ketones (excluding diaryl/α,β-unsaturated/α-hetero) is 1. The van der Waals surface area contributed by atoms with E-state index >= 15 is 0 Å². The van der Waals surface area contributed by atoms with Gasteiger partial charge in [-0.1, -0.05) is 0 Å². The molecule has 0 spiro atoms. The number of ether oxygens (including phenoxy) is 1. The van der Waals surface area contributed by atoms with Gasteiger partial charge in [-0.05, 0) is 25.1 Å². The van der Waals surface area contributed by atoms with Gasteiger partial charge in [0.2, 0.25) is 5.91 Å². The summed E-state index contributed by atoms with van der Waals surface area (Å²) in [5.41, 5.74) is 7.51. The number of morpholine rings is 1. The quantitative estimate of drug-likeness (QED) is 0.627. The van der Waals surface area contributed by atoms with E-state index in [9.17, 15) is 9.59 Å². The van der Waals surface area contributed by atoms with E-state index in [0.29, 0.717) is 50.5 Å². The molecule has 1 fully saturated rings. The summed E-state index contributed by atoms with van der Waals surface area (Å²) < 4.78 is 5.22. The third kappa shape index (κ3) is 4.19. The van der Waals surface area contributed by atoms with Gasteiger partial charge >= 0.3 is 0 Å². The van der Waals surface area contributed by atoms with E-state index in [-0.39, 0.29) is 11.7 Å². The van der Waals surface area contributed by atoms with Crippen LogP contribution in [0, 0.1) is 0 Å². The average Bonchev–Trinajstić information content (AvgIpc) is 2.49. The molecule has 1 heterocycles. The molecule has 0 radical (unpaired) electrons. The molecule has 1 aliphatic rings. The van der Waals surface area contributed by atoms with E-state index in [1.54, 1.807) is 18.2 Å². The van der Waals surface area contributed by atoms with Crippen LogP contribution in [0.5, 0.6) is 0 Å². The molecule has 6 nitrogen and oxygen atoms in total. The topological polar surface area (TPSA) is 84.7 Å². The zero-order chi connectivity index (χ0) is 15.2. The van der Waals surface area contributed by atoms with Gasteiger partial charge in [-0.3, -0.25) is 9.59 Å². The molecule has 0 unspecified atom stereocenters. The maximum absolute atomic E-state index is 12.0. The Morgan fingerprint density at radius 3 is 2.71 bits per heavy atom. The third-order valence-electron chi connectivity index (χ3n) is 3.46. The average molecular weight is 291 g/mol. The largest absolute Gasteiger partial charge is 0.398 e. The first-order valence-corrected chi connectivity index (χ1v) is 7.08. The van der Waals surface area contributed by atoms with Crippen molar-refractivity contribution in [3.63, 3.8) is 0 Å². The Hall–Kier alpha value is -2.08. The van der Waals surface area contributed by atoms with Crippen molar-refractivity contribution in [3.8, 4) is 0 Å². The number of benzene rings is 1. The van der Waals surface area contributed by atoms with Crippen LogP contribution < -0.4 is 11.1 Å². The molecular formula is C15H21N3O3. The molecular weight excluding hydrogens is 270 g/mol. The first-order chi connectivity index (χ1) is 10.1. The van der Waals surface area contributed by atoms with Gasteiger partial charge in [0, 0.05) is 43.0 Å². The number of ketones is 1. The van der Waals surface area contributed by atoms with Gasteiger partial charge in [0.1, 0.15) is 0 Å². The monoisotopic (exact) mass is 291 g/mol. The molecule has 2 rings (SSSR count). The van der Waals surface area contributed by atoms with Crippen LogP contribution in [0.25, 0.3) is 0 Å². The highest BCUT2D eigenvalue weighted by Gasteiger charge is 2.16. The highest BCUT2D eigenvalue weighted by atomic mass is 16.5. The van der Waals surface area contributed by atoms with E-state index < -0.39 is 0 Å². The van der Waals surface area contributed by atoms with Gasteiger partial charge in [0.25, 0.3) is 0 Å². The van der Waals surface area contributed by atoms with E-state index in [0.717, 1.165) is 5.69 Å². The van der Waals surface area contributed by atoms with E-state index in [1.807, 2.05) is 4.90 Å². The van der Waals surface area contributed by atoms with Crippen LogP contribution in [-0.2, 0) is 9.53 Å². The zero-order valence-electron chi connectivity index (χ0n) is 12.2. The van der Waals surface area contributed by atoms with Gasteiger partial charge < -0.3 is 20.7 Å². The van der Waals surface area contributed by atoms with E-state index in [1.165, 1.54) is 6.92 Å². The number of nitrogens with two attached hydrogens (primary N) is 1. The number of carbonyl (C=O) groups excluding carboxylic acids is 2. The summed E-state index contributed by atoms with van der Waals surface area (Å²) in [5.74, 6) is 0.0496. The fourth-order valence-electron chi connectivity index (χ4n) is 2.26. The Labute approximate surface area is 124 Å². The zero-order valence-corrected chi connectivity index (χ0v) is 12.2. The molecule has 1 aromatic carbocycles. The van der Waals surface area contributed by atoms with Gasteiger partial charge in [0.05, 0.1) is 13.2 Å². The molecule has 6 heteroatoms. The first-order valence-electron chi connectivity index (χ1n) is 7.08. The minimum atomic E-state index is -0.0689. The Morgan fingerprint density at radius 1 is 1.33 bits per heavy atom. The van der Waals surface area contributed by atoms with Crippen molar-refractivity contribution in [2.75, 3.05) is 43.9 Å². The minimum Gasteiger partial charge on any atom is -0.398 e. The van der Waals surface area contributed by atoms with Crippen LogP contribution in [0.15, 0.2) is 18.2 Å². The summed E-state index contributed by atoms with van der Waals surface area (Å²) in [7, 11) is 0. The predicted octanol–water partition coefficient (Wildman–Crippen LogP) is 1.13. The number of hydrogen-bond acceptors (Lipinski definition) is 5. The maximum Gasteiger partial charge on any atom is 0.224 e. The van der Waals surface area contributed by atoms with Crippen molar-refractivity contribution in [3.05, 3.63) is 23.8 Å². The van der Waals surface area contributed by atoms with E-state index in [4.69, 9.17) is 10.5 Å². The van der Waals surface area contributed by atoms with Gasteiger partial charge in [0.15, 0.2) is 5.78 Å². The summed E-state index contributed by atoms with van der Waals surface area (Å²) >= 11 is 0. The van der Waals surface area contributed by atoms with Crippen LogP contribution in [-0.4, -0.2) is 49.4 Å². The van der Waals surface area contributed by atoms with Gasteiger partial charge in [-0.2, -0.15) is 0 Å². The van der Waals surface area contributed by atoms with Crippen molar-refractivity contribution >= 4 is 23.1 Å². The van der Waals surface area contributed by atoms with Gasteiger partial charge in [-0.25, -0.2) is 0 Å². The SMILES string of the molecule is CC(=O)c1cc(NCCC(=O)N2CCOCC2)ccc1N. The second kappa shape index (κ2) is 7.08. The fourth-order valence-corrected chi connectivity index (χ4v) is 2.26. The fraction of sp³-hybridized carbons (Fsp3) is 0.467. The second-order valence-corrected chi connectivity index (χ2v) is 5.03. The predicted molar refractivity (Wildman–Crippen MR) is 81.4 cm³/mol. The Morgan fingerprint density at radius 2 is 2.05 bits per heavy atom. The van der Waals surface area contributed by atoms with Crippen LogP contribution in [0.4, 0.5) is 11.4 Å². The minimum absolute atomic E-state index is 0.0689. The molecule has 1 aliphatic heterocycles. The summed E-state index contributed by atoms with van der Waals surface area (Å²) in [5, 5.41) is 3.15. The lowest BCUT2D eigenvalue weighted by Gasteiger charge is -2.26. The molecule has 0 aliphatic carbocycles. The van der Waals surface area contributed by atoms with Crippen molar-refractivity contribution in [2.24, 2.45) is 0 Å². The molecule has 1 aromatic rings. The number of hydrogen-bond donors (Lipinski definition) is 2. The van der Waals surface area contributed by atoms with Crippen molar-refractivity contribution < 1.29 is 14.3 Å². The van der Waals surface area contributed by atoms with Crippen LogP contribution in [0.1, 0.15) is 23.7 Å². The summed E-state index contributed by atoms with van der Waals surface area (Å²) in [4.78, 5) is 25.2. The molecule has 1 amide bonds. The standard InChI is InChI=1S/C15H21N3O3/c1-11(19)13-10-12(2-3-14(13)16)17-5-4-15(20)18-6-8-21-9-7-18/h2-3,10,17H,4-9,16H2,1H3. The number of rotatable bonds is 5. The van der Waals surface area contributed by atoms with Crippen molar-refractivity contribution in [2.45, 2.75) is 13.3 Å². The molecule has 0 aromatic heterocycles. The normalized spacial score (nSPS) is 14.8. The Bertz CT molecular complexity index is 525. The van der Waals surface area contributed by atoms with Crippen molar-refractivity contribution in [1.29, 1.82) is 0 Å². The summed E-state index contributed by atoms with van der Waals surface area (Å²) in [6, 6.07) is 5.22. The molecule has 0 bridgehead atoms. The molecule has 0 atom stereocenters. The summed E-state index contributed by atoms with van der Waals surface area (Å²) in [6.45, 7) is 4.55. The lowest BCUT2D eigenvalue weighted by molar-refractivity contribution is -0.134. The number of nitrogen functional groups attached to an aromatic ring is 1. The highest BCUT2D eigenvalue weighted by Crippen LogP contribution is 2.18. The van der Waals surface area contributed by atoms with Crippen LogP contribution >= 0.6 is 0 Å². The number of nitrogens with zero attached hydrogens (tertiary/aromatic N) is 1. The van der Waals surface area contributed by atoms with Crippen molar-refractivity contribution in [1.82, 2.24) is 4.90 Å². The number of carbonyl (C=O) groups is 2. The highest BCUT2D eigenvalue weighted by molar-refractivity contribution is 6.00. The number of nitrogens with one attached hydrogen (secondary N) is 1. The smallest absolute Gasteiger partial charge is 0.224 e. The Kier molecular flexibility index (Phi) is 5.16. The number of anilines is 2. The molecule has 1 saturated heterocycles. The lowest BCUT2D eigenvalue weighted by atomic mass is 10.1. The Balaban J connectivity index is 1.84. The van der Waals surface area contributed by atoms with E-state index in [2.05, 4.69) is 5.32 Å². The molecule has 114 valence electrons. The first kappa shape index (κ1) is 15.3. The lowest BCUT2D eigenvalue weighted by Crippen LogP contribution is -2.41. The number of amides is 1. The van der Waals surface area contributed by atoms with Crippen LogP contribution in [0.3, 0.4) is 0 Å². The molecule has 21 heavy (non-hydrogen) atoms. The summed E-state index contributed by atoms with van der Waals surface area (Å²) in [6.07, 6.45) is 0.416. The second-order valence-electron chi connectivity index (χ2n) is 5.03. The molecule has 3 N–H and O–H groups in total. The van der Waals surface area contributed by atoms with Gasteiger partial charge in [-0.15, -0.1) is 0 Å².